The second-order valence-corrected chi connectivity index (χ2v) is 3.12. The molecule has 1 N–H and O–H groups in total. The number of β-amino-alcohol motifs (C(OH)–C–C–N with tert-alkyl or cyclic N) is 1. The molecule has 4 heteroatoms. The number of amides is 1. The van der Waals surface area contributed by atoms with Crippen LogP contribution in [0.5, 0.6) is 0 Å². The molecule has 0 aromatic rings. The molecule has 1 atom stereocenters. The summed E-state index contributed by atoms with van der Waals surface area (Å²) in [6, 6.07) is 0. The maximum absolute atomic E-state index is 10.9. The van der Waals surface area contributed by atoms with E-state index in [0.717, 1.165) is 6.42 Å². The van der Waals surface area contributed by atoms with Crippen LogP contribution in [0.3, 0.4) is 0 Å². The van der Waals surface area contributed by atoms with Gasteiger partial charge in [0.05, 0.1) is 6.10 Å². The van der Waals surface area contributed by atoms with Crippen molar-refractivity contribution >= 4 is 17.0 Å². The molecule has 1 heterocycles. The summed E-state index contributed by atoms with van der Waals surface area (Å²) in [6.45, 7) is 1.22. The molecule has 1 amide bonds. The average molecular weight is 161 g/mol. The van der Waals surface area contributed by atoms with Gasteiger partial charge in [-0.25, -0.2) is 0 Å². The Kier molecular flexibility index (Phi) is 2.56. The smallest absolute Gasteiger partial charge is 0.281 e. The average Bonchev–Trinajstić information content (AvgIpc) is 2.34. The molecule has 1 unspecified atom stereocenters. The Hall–Kier alpha value is -0.220. The number of hydrogen-bond acceptors (Lipinski definition) is 3. The van der Waals surface area contributed by atoms with Crippen molar-refractivity contribution in [2.45, 2.75) is 12.5 Å². The van der Waals surface area contributed by atoms with Gasteiger partial charge in [-0.15, -0.1) is 0 Å². The zero-order valence-corrected chi connectivity index (χ0v) is 6.73. The largest absolute Gasteiger partial charge is 0.391 e. The number of thioether (sulfide) groups is 1. The molecule has 10 heavy (non-hydrogen) atoms. The monoisotopic (exact) mass is 161 g/mol. The molecule has 0 aromatic carbocycles. The zero-order valence-electron chi connectivity index (χ0n) is 5.91. The molecule has 0 saturated carbocycles. The van der Waals surface area contributed by atoms with E-state index in [0.29, 0.717) is 13.1 Å². The molecule has 1 saturated heterocycles. The van der Waals surface area contributed by atoms with Crippen LogP contribution in [0.15, 0.2) is 0 Å². The molecule has 0 aromatic heterocycles. The molecule has 0 aliphatic carbocycles. The van der Waals surface area contributed by atoms with Crippen molar-refractivity contribution < 1.29 is 9.90 Å². The first-order valence-corrected chi connectivity index (χ1v) is 4.47. The Morgan fingerprint density at radius 1 is 1.80 bits per heavy atom. The van der Waals surface area contributed by atoms with Gasteiger partial charge in [0.25, 0.3) is 5.24 Å². The molecule has 0 bridgehead atoms. The normalized spacial score (nSPS) is 25.4. The van der Waals surface area contributed by atoms with E-state index in [4.69, 9.17) is 5.11 Å². The van der Waals surface area contributed by atoms with Crippen LogP contribution >= 0.6 is 11.8 Å². The lowest BCUT2D eigenvalue weighted by atomic mass is 10.3. The Labute approximate surface area is 64.4 Å². The number of aliphatic hydroxyl groups is 1. The summed E-state index contributed by atoms with van der Waals surface area (Å²) >= 11 is 1.20. The fraction of sp³-hybridized carbons (Fsp3) is 0.833. The highest BCUT2D eigenvalue weighted by atomic mass is 32.2. The van der Waals surface area contributed by atoms with Crippen molar-refractivity contribution in [2.75, 3.05) is 19.3 Å². The van der Waals surface area contributed by atoms with Crippen LogP contribution in [0.4, 0.5) is 4.79 Å². The van der Waals surface area contributed by atoms with Crippen LogP contribution in [0.1, 0.15) is 6.42 Å². The van der Waals surface area contributed by atoms with Gasteiger partial charge in [-0.2, -0.15) is 0 Å². The highest BCUT2D eigenvalue weighted by Crippen LogP contribution is 2.13. The fourth-order valence-electron chi connectivity index (χ4n) is 1.04. The van der Waals surface area contributed by atoms with Crippen molar-refractivity contribution in [3.8, 4) is 0 Å². The molecule has 1 fully saturated rings. The minimum atomic E-state index is -0.295. The Bertz CT molecular complexity index is 140. The summed E-state index contributed by atoms with van der Waals surface area (Å²) < 4.78 is 0. The van der Waals surface area contributed by atoms with Gasteiger partial charge in [0.2, 0.25) is 0 Å². The van der Waals surface area contributed by atoms with Crippen LogP contribution in [-0.4, -0.2) is 40.7 Å². The second-order valence-electron chi connectivity index (χ2n) is 2.36. The molecule has 3 nitrogen and oxygen atoms in total. The second kappa shape index (κ2) is 3.25. The Morgan fingerprint density at radius 2 is 2.50 bits per heavy atom. The van der Waals surface area contributed by atoms with Crippen LogP contribution in [0.2, 0.25) is 0 Å². The third kappa shape index (κ3) is 1.64. The van der Waals surface area contributed by atoms with Crippen LogP contribution in [0.25, 0.3) is 0 Å². The van der Waals surface area contributed by atoms with E-state index in [9.17, 15) is 4.79 Å². The maximum Gasteiger partial charge on any atom is 0.281 e. The van der Waals surface area contributed by atoms with Gasteiger partial charge < -0.3 is 10.0 Å². The highest BCUT2D eigenvalue weighted by molar-refractivity contribution is 8.12. The lowest BCUT2D eigenvalue weighted by molar-refractivity contribution is 0.180. The topological polar surface area (TPSA) is 40.5 Å². The number of aliphatic hydroxyl groups excluding tert-OH is 1. The van der Waals surface area contributed by atoms with Gasteiger partial charge in [-0.1, -0.05) is 11.8 Å². The molecule has 58 valence electrons. The fourth-order valence-corrected chi connectivity index (χ4v) is 1.46. The van der Waals surface area contributed by atoms with Crippen molar-refractivity contribution in [2.24, 2.45) is 0 Å². The number of likely N-dealkylation sites (tertiary alicyclic amines) is 1. The highest BCUT2D eigenvalue weighted by Gasteiger charge is 2.23. The van der Waals surface area contributed by atoms with E-state index < -0.39 is 0 Å². The molecule has 0 spiro atoms. The van der Waals surface area contributed by atoms with Gasteiger partial charge in [0, 0.05) is 13.1 Å². The number of hydrogen-bond donors (Lipinski definition) is 1. The third-order valence-electron chi connectivity index (χ3n) is 1.60. The SMILES string of the molecule is CSC(=O)N1CCC(O)C1. The summed E-state index contributed by atoms with van der Waals surface area (Å²) in [5.41, 5.74) is 0. The molecule has 0 radical (unpaired) electrons. The molecular formula is C6H11NO2S. The quantitative estimate of drug-likeness (QED) is 0.563. The molecule has 1 aliphatic heterocycles. The first kappa shape index (κ1) is 7.88. The van der Waals surface area contributed by atoms with E-state index >= 15 is 0 Å². The van der Waals surface area contributed by atoms with Gasteiger partial charge in [-0.05, 0) is 12.7 Å². The summed E-state index contributed by atoms with van der Waals surface area (Å²) in [5, 5.41) is 9.11. The number of carbonyl (C=O) groups is 1. The van der Waals surface area contributed by atoms with E-state index in [1.54, 1.807) is 11.2 Å². The summed E-state index contributed by atoms with van der Waals surface area (Å²) in [4.78, 5) is 12.6. The number of nitrogens with zero attached hydrogens (tertiary/aromatic N) is 1. The van der Waals surface area contributed by atoms with Crippen molar-refractivity contribution in [3.05, 3.63) is 0 Å². The van der Waals surface area contributed by atoms with Crippen LogP contribution < -0.4 is 0 Å². The lowest BCUT2D eigenvalue weighted by Crippen LogP contribution is -2.25. The molecular weight excluding hydrogens is 150 g/mol. The summed E-state index contributed by atoms with van der Waals surface area (Å²) in [5.74, 6) is 0. The van der Waals surface area contributed by atoms with Gasteiger partial charge in [0.1, 0.15) is 0 Å². The predicted octanol–water partition coefficient (Wildman–Crippen LogP) is 0.536. The number of carbonyl (C=O) groups excluding carboxylic acids is 1. The third-order valence-corrected chi connectivity index (χ3v) is 2.20. The van der Waals surface area contributed by atoms with Crippen molar-refractivity contribution in [1.82, 2.24) is 4.90 Å². The van der Waals surface area contributed by atoms with Crippen molar-refractivity contribution in [3.63, 3.8) is 0 Å². The molecule has 1 rings (SSSR count). The molecule has 1 aliphatic rings. The first-order chi connectivity index (χ1) is 4.74. The zero-order chi connectivity index (χ0) is 7.56. The van der Waals surface area contributed by atoms with E-state index in [-0.39, 0.29) is 11.3 Å². The minimum absolute atomic E-state index is 0.0663. The lowest BCUT2D eigenvalue weighted by Gasteiger charge is -2.12. The number of rotatable bonds is 0. The standard InChI is InChI=1S/C6H11NO2S/c1-10-6(9)7-3-2-5(8)4-7/h5,8H,2-4H2,1H3. The Balaban J connectivity index is 2.37. The predicted molar refractivity (Wildman–Crippen MR) is 41.1 cm³/mol. The first-order valence-electron chi connectivity index (χ1n) is 3.25. The van der Waals surface area contributed by atoms with E-state index in [2.05, 4.69) is 0 Å². The van der Waals surface area contributed by atoms with Crippen LogP contribution in [0, 0.1) is 0 Å². The van der Waals surface area contributed by atoms with E-state index in [1.807, 2.05) is 0 Å². The summed E-state index contributed by atoms with van der Waals surface area (Å²) in [6.07, 6.45) is 2.19. The van der Waals surface area contributed by atoms with Gasteiger partial charge in [-0.3, -0.25) is 4.79 Å². The maximum atomic E-state index is 10.9. The van der Waals surface area contributed by atoms with Crippen molar-refractivity contribution in [1.29, 1.82) is 0 Å². The Morgan fingerprint density at radius 3 is 2.90 bits per heavy atom. The summed E-state index contributed by atoms with van der Waals surface area (Å²) in [7, 11) is 0. The van der Waals surface area contributed by atoms with Crippen LogP contribution in [-0.2, 0) is 0 Å². The van der Waals surface area contributed by atoms with E-state index in [1.165, 1.54) is 11.8 Å². The minimum Gasteiger partial charge on any atom is -0.391 e. The van der Waals surface area contributed by atoms with Gasteiger partial charge >= 0.3 is 0 Å². The van der Waals surface area contributed by atoms with Gasteiger partial charge in [0.15, 0.2) is 0 Å².